The van der Waals surface area contributed by atoms with Crippen LogP contribution in [0.15, 0.2) is 17.0 Å². The van der Waals surface area contributed by atoms with Gasteiger partial charge in [0.05, 0.1) is 4.90 Å². The minimum absolute atomic E-state index is 0.00836. The summed E-state index contributed by atoms with van der Waals surface area (Å²) in [5.41, 5.74) is 0.821. The van der Waals surface area contributed by atoms with E-state index < -0.39 is 10.0 Å². The highest BCUT2D eigenvalue weighted by Gasteiger charge is 2.25. The monoisotopic (exact) mass is 286 g/mol. The summed E-state index contributed by atoms with van der Waals surface area (Å²) < 4.78 is 23.7. The van der Waals surface area contributed by atoms with Crippen molar-refractivity contribution < 1.29 is 13.5 Å². The van der Waals surface area contributed by atoms with Crippen molar-refractivity contribution >= 4 is 10.0 Å². The lowest BCUT2D eigenvalue weighted by atomic mass is 9.84. The minimum atomic E-state index is -3.74. The Bertz CT molecular complexity index is 572. The average molecular weight is 286 g/mol. The summed E-state index contributed by atoms with van der Waals surface area (Å²) >= 11 is 0. The molecule has 0 amide bonds. The number of phenolic OH excluding ortho intramolecular Hbond substituents is 1. The first-order valence-electron chi connectivity index (χ1n) is 6.10. The maximum absolute atomic E-state index is 11.8. The number of hydrazine groups is 1. The van der Waals surface area contributed by atoms with Crippen LogP contribution in [0.25, 0.3) is 0 Å². The van der Waals surface area contributed by atoms with Crippen molar-refractivity contribution in [3.05, 3.63) is 23.3 Å². The third-order valence-electron chi connectivity index (χ3n) is 3.01. The largest absolute Gasteiger partial charge is 0.507 e. The number of nitrogens with two attached hydrogens (primary N) is 1. The van der Waals surface area contributed by atoms with E-state index >= 15 is 0 Å². The van der Waals surface area contributed by atoms with Crippen molar-refractivity contribution in [3.8, 4) is 5.75 Å². The molecule has 1 aromatic rings. The van der Waals surface area contributed by atoms with Gasteiger partial charge in [0, 0.05) is 5.56 Å². The summed E-state index contributed by atoms with van der Waals surface area (Å²) in [6, 6.07) is 2.93. The van der Waals surface area contributed by atoms with Crippen molar-refractivity contribution in [1.29, 1.82) is 0 Å². The average Bonchev–Trinajstić information content (AvgIpc) is 2.26. The highest BCUT2D eigenvalue weighted by Crippen LogP contribution is 2.38. The molecule has 0 spiro atoms. The van der Waals surface area contributed by atoms with Gasteiger partial charge in [0.25, 0.3) is 10.0 Å². The van der Waals surface area contributed by atoms with E-state index in [4.69, 9.17) is 5.84 Å². The maximum Gasteiger partial charge on any atom is 0.253 e. The zero-order chi connectivity index (χ0) is 15.0. The van der Waals surface area contributed by atoms with Crippen LogP contribution in [0, 0.1) is 0 Å². The Labute approximate surface area is 114 Å². The van der Waals surface area contributed by atoms with Crippen molar-refractivity contribution in [2.75, 3.05) is 0 Å². The molecule has 0 bridgehead atoms. The first kappa shape index (κ1) is 15.9. The van der Waals surface area contributed by atoms with E-state index in [1.165, 1.54) is 12.1 Å². The smallest absolute Gasteiger partial charge is 0.253 e. The second kappa shape index (κ2) is 5.11. The van der Waals surface area contributed by atoms with E-state index in [0.717, 1.165) is 0 Å². The molecule has 19 heavy (non-hydrogen) atoms. The lowest BCUT2D eigenvalue weighted by Gasteiger charge is -2.24. The van der Waals surface area contributed by atoms with Gasteiger partial charge in [0.2, 0.25) is 0 Å². The van der Waals surface area contributed by atoms with Crippen molar-refractivity contribution in [3.63, 3.8) is 0 Å². The number of phenols is 1. The number of sulfonamides is 1. The predicted molar refractivity (Wildman–Crippen MR) is 75.4 cm³/mol. The van der Waals surface area contributed by atoms with Crippen molar-refractivity contribution in [2.24, 2.45) is 5.84 Å². The zero-order valence-electron chi connectivity index (χ0n) is 12.0. The summed E-state index contributed by atoms with van der Waals surface area (Å²) in [5, 5.41) is 10.3. The summed E-state index contributed by atoms with van der Waals surface area (Å²) in [6.07, 6.45) is 0. The lowest BCUT2D eigenvalue weighted by Crippen LogP contribution is -2.30. The fourth-order valence-electron chi connectivity index (χ4n) is 1.86. The van der Waals surface area contributed by atoms with Gasteiger partial charge in [-0.15, -0.1) is 0 Å². The van der Waals surface area contributed by atoms with Crippen LogP contribution in [-0.4, -0.2) is 13.5 Å². The molecule has 0 aromatic heterocycles. The number of aromatic hydroxyl groups is 1. The fraction of sp³-hybridized carbons (Fsp3) is 0.538. The second-order valence-corrected chi connectivity index (χ2v) is 7.65. The number of nitrogens with one attached hydrogen (secondary N) is 1. The maximum atomic E-state index is 11.8. The molecule has 0 aliphatic carbocycles. The van der Waals surface area contributed by atoms with Crippen LogP contribution < -0.4 is 10.7 Å². The van der Waals surface area contributed by atoms with E-state index in [9.17, 15) is 13.5 Å². The van der Waals surface area contributed by atoms with Crippen LogP contribution in [0.5, 0.6) is 5.75 Å². The van der Waals surface area contributed by atoms with Gasteiger partial charge >= 0.3 is 0 Å². The standard InChI is InChI=1S/C13H22N2O3S/c1-8(2)10-6-9(19(17,18)15-14)7-11(12(10)16)13(3,4)5/h6-8,15-16H,14H2,1-5H3. The van der Waals surface area contributed by atoms with E-state index in [0.29, 0.717) is 11.1 Å². The summed E-state index contributed by atoms with van der Waals surface area (Å²) in [7, 11) is -3.74. The van der Waals surface area contributed by atoms with E-state index in [-0.39, 0.29) is 22.0 Å². The highest BCUT2D eigenvalue weighted by molar-refractivity contribution is 7.89. The van der Waals surface area contributed by atoms with Gasteiger partial charge in [-0.05, 0) is 29.0 Å². The van der Waals surface area contributed by atoms with Crippen molar-refractivity contribution in [1.82, 2.24) is 4.83 Å². The molecule has 0 fully saturated rings. The van der Waals surface area contributed by atoms with Gasteiger partial charge in [-0.25, -0.2) is 8.42 Å². The summed E-state index contributed by atoms with van der Waals surface area (Å²) in [6.45, 7) is 9.54. The fourth-order valence-corrected chi connectivity index (χ4v) is 2.56. The zero-order valence-corrected chi connectivity index (χ0v) is 12.8. The molecular weight excluding hydrogens is 264 g/mol. The quantitative estimate of drug-likeness (QED) is 0.585. The normalized spacial score (nSPS) is 13.0. The summed E-state index contributed by atoms with van der Waals surface area (Å²) in [5.74, 6) is 5.22. The number of benzene rings is 1. The number of hydrogen-bond acceptors (Lipinski definition) is 4. The Kier molecular flexibility index (Phi) is 4.29. The van der Waals surface area contributed by atoms with Gasteiger partial charge in [0.15, 0.2) is 0 Å². The van der Waals surface area contributed by atoms with E-state index in [1.54, 1.807) is 0 Å². The molecule has 0 atom stereocenters. The SMILES string of the molecule is CC(C)c1cc(S(=O)(=O)NN)cc(C(C)(C)C)c1O. The Balaban J connectivity index is 3.68. The molecule has 1 aromatic carbocycles. The van der Waals surface area contributed by atoms with Gasteiger partial charge in [0.1, 0.15) is 5.75 Å². The molecule has 4 N–H and O–H groups in total. The third kappa shape index (κ3) is 3.26. The number of rotatable bonds is 3. The predicted octanol–water partition coefficient (Wildman–Crippen LogP) is 1.97. The van der Waals surface area contributed by atoms with Gasteiger partial charge in [-0.3, -0.25) is 5.84 Å². The van der Waals surface area contributed by atoms with Gasteiger partial charge < -0.3 is 5.11 Å². The lowest BCUT2D eigenvalue weighted by molar-refractivity contribution is 0.436. The molecule has 0 radical (unpaired) electrons. The van der Waals surface area contributed by atoms with E-state index in [1.807, 2.05) is 39.4 Å². The molecular formula is C13H22N2O3S. The van der Waals surface area contributed by atoms with Gasteiger partial charge in [-0.2, -0.15) is 4.83 Å². The first-order chi connectivity index (χ1) is 8.50. The Morgan fingerprint density at radius 3 is 2.16 bits per heavy atom. The molecule has 0 heterocycles. The third-order valence-corrected chi connectivity index (χ3v) is 4.17. The van der Waals surface area contributed by atoms with Crippen LogP contribution >= 0.6 is 0 Å². The molecule has 0 saturated heterocycles. The van der Waals surface area contributed by atoms with Gasteiger partial charge in [-0.1, -0.05) is 34.6 Å². The molecule has 0 aliphatic rings. The molecule has 1 rings (SSSR count). The highest BCUT2D eigenvalue weighted by atomic mass is 32.2. The molecule has 0 saturated carbocycles. The Morgan fingerprint density at radius 1 is 1.26 bits per heavy atom. The van der Waals surface area contributed by atoms with Crippen LogP contribution in [0.4, 0.5) is 0 Å². The Morgan fingerprint density at radius 2 is 1.79 bits per heavy atom. The topological polar surface area (TPSA) is 92.4 Å². The van der Waals surface area contributed by atoms with Crippen molar-refractivity contribution in [2.45, 2.75) is 50.8 Å². The Hall–Kier alpha value is -1.11. The molecule has 108 valence electrons. The van der Waals surface area contributed by atoms with Crippen LogP contribution in [0.2, 0.25) is 0 Å². The van der Waals surface area contributed by atoms with Crippen LogP contribution in [-0.2, 0) is 15.4 Å². The summed E-state index contributed by atoms with van der Waals surface area (Å²) in [4.78, 5) is 1.88. The number of hydrogen-bond donors (Lipinski definition) is 3. The molecule has 6 heteroatoms. The van der Waals surface area contributed by atoms with Crippen LogP contribution in [0.3, 0.4) is 0 Å². The second-order valence-electron chi connectivity index (χ2n) is 5.93. The van der Waals surface area contributed by atoms with E-state index in [2.05, 4.69) is 0 Å². The molecule has 5 nitrogen and oxygen atoms in total. The minimum Gasteiger partial charge on any atom is -0.507 e. The molecule has 0 unspecified atom stereocenters. The first-order valence-corrected chi connectivity index (χ1v) is 7.59. The van der Waals surface area contributed by atoms with Crippen LogP contribution in [0.1, 0.15) is 51.7 Å². The molecule has 0 aliphatic heterocycles.